The molecule has 1 atom stereocenters. The highest BCUT2D eigenvalue weighted by Gasteiger charge is 2.33. The monoisotopic (exact) mass is 155 g/mol. The van der Waals surface area contributed by atoms with Gasteiger partial charge in [0.15, 0.2) is 0 Å². The molecule has 0 spiro atoms. The minimum absolute atomic E-state index is 0.352. The topological polar surface area (TPSA) is 75.8 Å². The van der Waals surface area contributed by atoms with Gasteiger partial charge in [0.2, 0.25) is 6.04 Å². The highest BCUT2D eigenvalue weighted by atomic mass is 16.2. The second kappa shape index (κ2) is 2.34. The Labute approximate surface area is 63.9 Å². The van der Waals surface area contributed by atoms with Gasteiger partial charge < -0.3 is 10.6 Å². The van der Waals surface area contributed by atoms with E-state index < -0.39 is 11.9 Å². The van der Waals surface area contributed by atoms with E-state index in [9.17, 15) is 9.59 Å². The van der Waals surface area contributed by atoms with Crippen LogP contribution >= 0.6 is 0 Å². The molecule has 0 radical (unpaired) electrons. The number of hydrogen-bond acceptors (Lipinski definition) is 3. The first-order chi connectivity index (χ1) is 5.04. The summed E-state index contributed by atoms with van der Waals surface area (Å²) in [5, 5.41) is 0. The van der Waals surface area contributed by atoms with Gasteiger partial charge in [-0.15, -0.1) is 0 Å². The minimum atomic E-state index is -1.00. The summed E-state index contributed by atoms with van der Waals surface area (Å²) in [4.78, 5) is 26.7. The average molecular weight is 155 g/mol. The van der Waals surface area contributed by atoms with Crippen LogP contribution in [0.4, 0.5) is 0 Å². The number of carbonyl (C=O) groups excluding carboxylic acids is 2. The molecule has 0 aromatic carbocycles. The minimum Gasteiger partial charge on any atom is -0.367 e. The Morgan fingerprint density at radius 2 is 2.27 bits per heavy atom. The fourth-order valence-corrected chi connectivity index (χ4v) is 0.857. The van der Waals surface area contributed by atoms with Crippen LogP contribution in [0.1, 0.15) is 6.92 Å². The van der Waals surface area contributed by atoms with Crippen molar-refractivity contribution in [1.82, 2.24) is 4.90 Å². The maximum Gasteiger partial charge on any atom is 0.262 e. The predicted octanol–water partition coefficient (Wildman–Crippen LogP) is -1.27. The van der Waals surface area contributed by atoms with Crippen LogP contribution in [0.2, 0.25) is 0 Å². The van der Waals surface area contributed by atoms with E-state index in [1.165, 1.54) is 4.90 Å². The molecule has 0 bridgehead atoms. The summed E-state index contributed by atoms with van der Waals surface area (Å²) in [6.45, 7) is 1.65. The molecule has 0 fully saturated rings. The second-order valence-electron chi connectivity index (χ2n) is 2.38. The first-order valence-electron chi connectivity index (χ1n) is 3.15. The van der Waals surface area contributed by atoms with E-state index in [1.807, 2.05) is 0 Å². The lowest BCUT2D eigenvalue weighted by Gasteiger charge is -2.07. The molecule has 1 heterocycles. The van der Waals surface area contributed by atoms with Crippen molar-refractivity contribution in [2.75, 3.05) is 7.05 Å². The normalized spacial score (nSPS) is 23.8. The molecule has 0 aliphatic carbocycles. The van der Waals surface area contributed by atoms with E-state index in [-0.39, 0.29) is 5.91 Å². The van der Waals surface area contributed by atoms with Gasteiger partial charge in [-0.3, -0.25) is 9.59 Å². The van der Waals surface area contributed by atoms with Gasteiger partial charge in [0, 0.05) is 7.05 Å². The zero-order chi connectivity index (χ0) is 8.59. The Kier molecular flexibility index (Phi) is 1.64. The molecule has 11 heavy (non-hydrogen) atoms. The maximum atomic E-state index is 11.1. The highest BCUT2D eigenvalue weighted by Crippen LogP contribution is 2.07. The van der Waals surface area contributed by atoms with Gasteiger partial charge in [-0.2, -0.15) is 0 Å². The summed E-state index contributed by atoms with van der Waals surface area (Å²) in [7, 11) is 1.56. The van der Waals surface area contributed by atoms with Crippen LogP contribution in [-0.2, 0) is 9.59 Å². The Bertz CT molecular complexity index is 246. The van der Waals surface area contributed by atoms with Crippen molar-refractivity contribution in [2.45, 2.75) is 13.0 Å². The van der Waals surface area contributed by atoms with Crippen LogP contribution in [0.5, 0.6) is 0 Å². The number of rotatable bonds is 1. The number of likely N-dealkylation sites (N-methyl/N-ethyl adjacent to an activating group) is 1. The van der Waals surface area contributed by atoms with Crippen LogP contribution in [0, 0.1) is 0 Å². The molecule has 5 heteroatoms. The SMILES string of the molecule is CC1=NC(C(N)=O)C(=O)N1C. The predicted molar refractivity (Wildman–Crippen MR) is 38.9 cm³/mol. The zero-order valence-electron chi connectivity index (χ0n) is 6.37. The Morgan fingerprint density at radius 1 is 1.73 bits per heavy atom. The lowest BCUT2D eigenvalue weighted by molar-refractivity contribution is -0.131. The van der Waals surface area contributed by atoms with Crippen molar-refractivity contribution in [1.29, 1.82) is 0 Å². The summed E-state index contributed by atoms with van der Waals surface area (Å²) in [5.74, 6) is -0.521. The standard InChI is InChI=1S/C6H9N3O2/c1-3-8-4(5(7)10)6(11)9(3)2/h4H,1-2H3,(H2,7,10). The molecular formula is C6H9N3O2. The molecule has 0 saturated heterocycles. The number of carbonyl (C=O) groups is 2. The van der Waals surface area contributed by atoms with Crippen molar-refractivity contribution < 1.29 is 9.59 Å². The van der Waals surface area contributed by atoms with Crippen molar-refractivity contribution in [3.8, 4) is 0 Å². The summed E-state index contributed by atoms with van der Waals surface area (Å²) < 4.78 is 0. The Morgan fingerprint density at radius 3 is 2.45 bits per heavy atom. The molecule has 1 aliphatic heterocycles. The molecule has 1 unspecified atom stereocenters. The third-order valence-electron chi connectivity index (χ3n) is 1.64. The summed E-state index contributed by atoms with van der Waals surface area (Å²) in [5.41, 5.74) is 4.92. The van der Waals surface area contributed by atoms with E-state index in [2.05, 4.69) is 4.99 Å². The van der Waals surface area contributed by atoms with Gasteiger partial charge in [-0.05, 0) is 6.92 Å². The van der Waals surface area contributed by atoms with Gasteiger partial charge in [0.05, 0.1) is 0 Å². The van der Waals surface area contributed by atoms with Crippen molar-refractivity contribution in [2.24, 2.45) is 10.7 Å². The number of nitrogens with two attached hydrogens (primary N) is 1. The molecule has 0 saturated carbocycles. The van der Waals surface area contributed by atoms with Crippen LogP contribution in [-0.4, -0.2) is 35.6 Å². The Hall–Kier alpha value is -1.39. The van der Waals surface area contributed by atoms with E-state index in [0.717, 1.165) is 0 Å². The molecule has 2 N–H and O–H groups in total. The van der Waals surface area contributed by atoms with Gasteiger partial charge >= 0.3 is 0 Å². The van der Waals surface area contributed by atoms with Gasteiger partial charge in [-0.25, -0.2) is 4.99 Å². The molecule has 2 amide bonds. The first kappa shape index (κ1) is 7.71. The highest BCUT2D eigenvalue weighted by molar-refractivity contribution is 6.14. The molecule has 0 aromatic heterocycles. The van der Waals surface area contributed by atoms with Crippen LogP contribution in [0.15, 0.2) is 4.99 Å². The molecule has 0 aromatic rings. The van der Waals surface area contributed by atoms with Crippen molar-refractivity contribution in [3.63, 3.8) is 0 Å². The third kappa shape index (κ3) is 1.09. The van der Waals surface area contributed by atoms with E-state index in [1.54, 1.807) is 14.0 Å². The quantitative estimate of drug-likeness (QED) is 0.479. The molecule has 1 aliphatic rings. The lowest BCUT2D eigenvalue weighted by atomic mass is 10.3. The van der Waals surface area contributed by atoms with Crippen LogP contribution in [0.25, 0.3) is 0 Å². The lowest BCUT2D eigenvalue weighted by Crippen LogP contribution is -2.37. The van der Waals surface area contributed by atoms with Crippen LogP contribution < -0.4 is 5.73 Å². The largest absolute Gasteiger partial charge is 0.367 e. The number of primary amides is 1. The summed E-state index contributed by atoms with van der Waals surface area (Å²) in [6.07, 6.45) is 0. The average Bonchev–Trinajstić information content (AvgIpc) is 2.17. The molecule has 60 valence electrons. The summed E-state index contributed by atoms with van der Waals surface area (Å²) >= 11 is 0. The van der Waals surface area contributed by atoms with Crippen molar-refractivity contribution >= 4 is 17.6 Å². The smallest absolute Gasteiger partial charge is 0.262 e. The molecule has 1 rings (SSSR count). The number of amides is 2. The number of amidine groups is 1. The Balaban J connectivity index is 2.89. The zero-order valence-corrected chi connectivity index (χ0v) is 6.37. The third-order valence-corrected chi connectivity index (χ3v) is 1.64. The summed E-state index contributed by atoms with van der Waals surface area (Å²) in [6, 6.07) is -1.00. The number of hydrogen-bond donors (Lipinski definition) is 1. The fraction of sp³-hybridized carbons (Fsp3) is 0.500. The van der Waals surface area contributed by atoms with Crippen LogP contribution in [0.3, 0.4) is 0 Å². The fourth-order valence-electron chi connectivity index (χ4n) is 0.857. The number of aliphatic imine (C=N–C) groups is 1. The van der Waals surface area contributed by atoms with Gasteiger partial charge in [-0.1, -0.05) is 0 Å². The molecule has 5 nitrogen and oxygen atoms in total. The molecular weight excluding hydrogens is 146 g/mol. The van der Waals surface area contributed by atoms with Crippen molar-refractivity contribution in [3.05, 3.63) is 0 Å². The van der Waals surface area contributed by atoms with E-state index in [0.29, 0.717) is 5.84 Å². The number of nitrogens with zero attached hydrogens (tertiary/aromatic N) is 2. The second-order valence-corrected chi connectivity index (χ2v) is 2.38. The maximum absolute atomic E-state index is 11.1. The van der Waals surface area contributed by atoms with Gasteiger partial charge in [0.1, 0.15) is 5.84 Å². The van der Waals surface area contributed by atoms with E-state index in [4.69, 9.17) is 5.73 Å². The van der Waals surface area contributed by atoms with E-state index >= 15 is 0 Å². The first-order valence-corrected chi connectivity index (χ1v) is 3.15. The van der Waals surface area contributed by atoms with Gasteiger partial charge in [0.25, 0.3) is 11.8 Å².